The van der Waals surface area contributed by atoms with Crippen LogP contribution in [0.2, 0.25) is 0 Å². The number of carbonyl (C=O) groups excluding carboxylic acids is 3. The number of fused-ring (bicyclic) bond motifs is 14. The van der Waals surface area contributed by atoms with Crippen LogP contribution in [0.25, 0.3) is 10.8 Å². The number of ketones is 1. The molecule has 0 aliphatic carbocycles. The number of phenols is 3. The smallest absolute Gasteiger partial charge is 0.312 e. The minimum atomic E-state index is -1.98. The van der Waals surface area contributed by atoms with E-state index in [1.54, 1.807) is 39.8 Å². The van der Waals surface area contributed by atoms with Gasteiger partial charge in [-0.1, -0.05) is 45.9 Å². The van der Waals surface area contributed by atoms with E-state index in [1.807, 2.05) is 0 Å². The number of amides is 1. The molecule has 5 rings (SSSR count). The summed E-state index contributed by atoms with van der Waals surface area (Å²) in [6, 6.07) is 1.06. The molecule has 2 aromatic carbocycles. The zero-order valence-electron chi connectivity index (χ0n) is 33.7. The number of phenolic OH excluding ortho intramolecular Hbond substituents is 3. The number of hydrogen-bond donors (Lipinski definition) is 6. The molecule has 3 aliphatic rings. The number of aromatic hydroxyl groups is 3. The summed E-state index contributed by atoms with van der Waals surface area (Å²) < 4.78 is 23.2. The zero-order valence-corrected chi connectivity index (χ0v) is 35.7. The number of carbonyl (C=O) groups is 3. The predicted molar refractivity (Wildman–Crippen MR) is 211 cm³/mol. The van der Waals surface area contributed by atoms with Crippen LogP contribution in [0, 0.1) is 30.6 Å². The molecule has 5 bridgehead atoms. The Balaban J connectivity index is -0.00000201. The molecular weight excluding hydrogens is 769 g/mol. The van der Waals surface area contributed by atoms with E-state index in [4.69, 9.17) is 18.9 Å². The van der Waals surface area contributed by atoms with Crippen molar-refractivity contribution in [3.05, 3.63) is 53.3 Å². The summed E-state index contributed by atoms with van der Waals surface area (Å²) >= 11 is 0. The van der Waals surface area contributed by atoms with Gasteiger partial charge in [-0.3, -0.25) is 14.4 Å². The fourth-order valence-electron chi connectivity index (χ4n) is 6.65. The van der Waals surface area contributed by atoms with Crippen LogP contribution in [-0.4, -0.2) is 143 Å². The average Bonchev–Trinajstić information content (AvgIpc) is 3.33. The van der Waals surface area contributed by atoms with E-state index in [2.05, 4.69) is 5.32 Å². The van der Waals surface area contributed by atoms with E-state index in [0.29, 0.717) is 0 Å². The quantitative estimate of drug-likeness (QED) is 0.0959. The minimum absolute atomic E-state index is 0. The van der Waals surface area contributed by atoms with Crippen LogP contribution >= 0.6 is 0 Å². The van der Waals surface area contributed by atoms with Crippen LogP contribution in [0.5, 0.6) is 23.0 Å². The van der Waals surface area contributed by atoms with Crippen LogP contribution in [0.3, 0.4) is 0 Å². The fraction of sp³-hybridized carbons (Fsp3) is 0.486. The Bertz CT molecular complexity index is 1780. The van der Waals surface area contributed by atoms with Gasteiger partial charge in [-0.15, -0.1) is 0 Å². The Morgan fingerprint density at radius 3 is 1.98 bits per heavy atom. The van der Waals surface area contributed by atoms with Crippen LogP contribution in [0.4, 0.5) is 5.69 Å². The molecule has 0 saturated carbocycles. The number of ether oxygens (including phenoxy) is 4. The van der Waals surface area contributed by atoms with Crippen molar-refractivity contribution in [2.24, 2.45) is 23.7 Å². The molecule has 0 fully saturated rings. The Kier molecular flexibility index (Phi) is 24.7. The second kappa shape index (κ2) is 23.5. The monoisotopic (exact) mass is 828 g/mol. The molecule has 0 aromatic heterocycles. The summed E-state index contributed by atoms with van der Waals surface area (Å²) in [5, 5.41) is 58.2. The number of aliphatic hydroxyl groups is 2. The Morgan fingerprint density at radius 1 is 0.860 bits per heavy atom. The van der Waals surface area contributed by atoms with E-state index >= 15 is 0 Å². The summed E-state index contributed by atoms with van der Waals surface area (Å²) in [6.45, 7) is 12.5. The Labute approximate surface area is 352 Å². The van der Waals surface area contributed by atoms with Gasteiger partial charge in [0.25, 0.3) is 11.7 Å². The number of hydrogen-bond acceptors (Lipinski definition) is 12. The van der Waals surface area contributed by atoms with Crippen molar-refractivity contribution >= 4 is 63.7 Å². The second-order valence-corrected chi connectivity index (χ2v) is 13.4. The zero-order chi connectivity index (χ0) is 37.4. The number of rotatable bonds is 2. The van der Waals surface area contributed by atoms with Crippen LogP contribution in [0.1, 0.15) is 64.4 Å². The van der Waals surface area contributed by atoms with E-state index in [9.17, 15) is 39.9 Å². The van der Waals surface area contributed by atoms with Gasteiger partial charge in [-0.2, -0.15) is 0 Å². The third kappa shape index (κ3) is 11.6. The number of esters is 1. The maximum atomic E-state index is 13.9. The van der Waals surface area contributed by atoms with Gasteiger partial charge < -0.3 is 82.7 Å². The molecule has 2 aromatic rings. The van der Waals surface area contributed by atoms with Gasteiger partial charge in [0.1, 0.15) is 23.4 Å². The first kappa shape index (κ1) is 59.9. The van der Waals surface area contributed by atoms with Gasteiger partial charge in [0.15, 0.2) is 5.75 Å². The molecule has 9 atom stereocenters. The fourth-order valence-corrected chi connectivity index (χ4v) is 6.65. The van der Waals surface area contributed by atoms with Crippen LogP contribution in [0.15, 0.2) is 42.2 Å². The molecule has 0 spiro atoms. The number of Topliss-reactive ketones (excluding diaryl/α,β-unsaturated/α-hetero) is 1. The van der Waals surface area contributed by atoms with E-state index in [0.717, 1.165) is 6.07 Å². The Morgan fingerprint density at radius 2 is 1.44 bits per heavy atom. The number of benzene rings is 2. The van der Waals surface area contributed by atoms with Gasteiger partial charge in [0, 0.05) is 96.8 Å². The SMILES string of the molecule is COC1/C=C/OC2(C)Oc3c(C)c(O)c4c(O)c(cc(O)c4c3C2=O)NC(=O)/C(C)=C\C=C\C(C)C(O)C(C)C(O)C(C)C(OC(C)=O)C1C.O.O.O.O.O.O.[Na]. The van der Waals surface area contributed by atoms with Gasteiger partial charge in [-0.25, -0.2) is 0 Å². The molecule has 9 unspecified atom stereocenters. The molecule has 19 nitrogen and oxygen atoms in total. The first-order chi connectivity index (χ1) is 23.4. The van der Waals surface area contributed by atoms with Gasteiger partial charge in [0.05, 0.1) is 41.2 Å². The summed E-state index contributed by atoms with van der Waals surface area (Å²) in [5.41, 5.74) is -0.0929. The van der Waals surface area contributed by atoms with Gasteiger partial charge >= 0.3 is 11.8 Å². The summed E-state index contributed by atoms with van der Waals surface area (Å²) in [5.74, 6) is -7.99. The molecule has 0 saturated heterocycles. The third-order valence-corrected chi connectivity index (χ3v) is 9.84. The predicted octanol–water partition coefficient (Wildman–Crippen LogP) is -0.575. The summed E-state index contributed by atoms with van der Waals surface area (Å²) in [7, 11) is 1.43. The number of methoxy groups -OCH3 is 1. The molecular formula is C37H59NNaO18. The van der Waals surface area contributed by atoms with Gasteiger partial charge in [0.2, 0.25) is 0 Å². The van der Waals surface area contributed by atoms with E-state index in [1.165, 1.54) is 53.2 Å². The van der Waals surface area contributed by atoms with E-state index in [-0.39, 0.29) is 101 Å². The topological polar surface area (TPSA) is 390 Å². The second-order valence-electron chi connectivity index (χ2n) is 13.4. The van der Waals surface area contributed by atoms with Crippen molar-refractivity contribution in [3.8, 4) is 23.0 Å². The number of nitrogens with one attached hydrogen (secondary N) is 1. The minimum Gasteiger partial charge on any atom is -0.507 e. The number of anilines is 1. The van der Waals surface area contributed by atoms with Gasteiger partial charge in [-0.05, 0) is 19.9 Å². The van der Waals surface area contributed by atoms with Crippen molar-refractivity contribution < 1.29 is 91.7 Å². The largest absolute Gasteiger partial charge is 0.507 e. The van der Waals surface area contributed by atoms with Crippen molar-refractivity contribution in [2.45, 2.75) is 85.6 Å². The third-order valence-electron chi connectivity index (χ3n) is 9.84. The maximum absolute atomic E-state index is 13.9. The molecule has 20 heteroatoms. The first-order valence-corrected chi connectivity index (χ1v) is 16.4. The summed E-state index contributed by atoms with van der Waals surface area (Å²) in [6.07, 6.45) is 3.62. The molecule has 1 radical (unpaired) electrons. The summed E-state index contributed by atoms with van der Waals surface area (Å²) in [4.78, 5) is 39.2. The average molecular weight is 829 g/mol. The molecule has 3 heterocycles. The molecule has 1 amide bonds. The molecule has 57 heavy (non-hydrogen) atoms. The Hall–Kier alpha value is -3.83. The van der Waals surface area contributed by atoms with Crippen molar-refractivity contribution in [1.29, 1.82) is 0 Å². The molecule has 18 N–H and O–H groups in total. The van der Waals surface area contributed by atoms with Crippen molar-refractivity contribution in [1.82, 2.24) is 0 Å². The van der Waals surface area contributed by atoms with Crippen LogP contribution in [-0.2, 0) is 23.8 Å². The van der Waals surface area contributed by atoms with Crippen LogP contribution < -0.4 is 10.1 Å². The number of aliphatic hydroxyl groups excluding tert-OH is 2. The number of allylic oxidation sites excluding steroid dienone is 2. The van der Waals surface area contributed by atoms with Crippen molar-refractivity contribution in [2.75, 3.05) is 12.4 Å². The van der Waals surface area contributed by atoms with E-state index < -0.39 is 88.8 Å². The maximum Gasteiger partial charge on any atom is 0.312 e. The van der Waals surface area contributed by atoms with Crippen molar-refractivity contribution in [3.63, 3.8) is 0 Å². The molecule has 3 aliphatic heterocycles. The first-order valence-electron chi connectivity index (χ1n) is 16.4. The normalized spacial score (nSPS) is 29.1. The molecule has 321 valence electrons. The standard InChI is InChI=1S/C37H47NO12.Na.6H2O/c1-16-11-10-12-17(2)36(46)38-23-15-24(40)26-27(32(23)44)31(43)21(6)34-28(26)35(45)37(8,50-34)48-14-13-25(47-9)18(3)33(49-22(7)39)20(5)30(42)19(4)29(16)41;;;;;;;/h10-16,18-20,25,29-30,33,40-44H,1-9H3,(H,38,46);;6*1H2/b11-10+,14-13+,17-12-;;;;;;;.